The Morgan fingerprint density at radius 2 is 1.67 bits per heavy atom. The van der Waals surface area contributed by atoms with Gasteiger partial charge in [0, 0.05) is 45.1 Å². The van der Waals surface area contributed by atoms with Crippen LogP contribution in [0, 0.1) is 24.2 Å². The molecule has 60 heavy (non-hydrogen) atoms. The minimum Gasteiger partial charge on any atom is -0.481 e. The van der Waals surface area contributed by atoms with Crippen molar-refractivity contribution in [2.75, 3.05) is 40.0 Å². The van der Waals surface area contributed by atoms with Crippen LogP contribution in [0.25, 0.3) is 11.1 Å². The maximum absolute atomic E-state index is 13.7. The fraction of sp³-hybridized carbons (Fsp3) is 0.556. The van der Waals surface area contributed by atoms with Gasteiger partial charge in [0.2, 0.25) is 11.8 Å². The second-order valence-electron chi connectivity index (χ2n) is 16.2. The Morgan fingerprint density at radius 3 is 2.32 bits per heavy atom. The SMILES string of the molecule is CCCCc1nc(Cl)c(C(=O)NCCNC(=O)C2CCC(NC(=O)C3(CC(COCCOC)C(=O)O)CCCC3)CC2)n1Cc1ccc(-c2cccc(C)c2C(=O)O)cc1. The fourth-order valence-corrected chi connectivity index (χ4v) is 8.89. The Bertz CT molecular complexity index is 1950. The van der Waals surface area contributed by atoms with E-state index in [4.69, 9.17) is 21.1 Å². The second kappa shape index (κ2) is 22.2. The number of aryl methyl sites for hydroxylation is 2. The van der Waals surface area contributed by atoms with E-state index in [1.807, 2.05) is 34.9 Å². The number of hydrogen-bond donors (Lipinski definition) is 5. The number of carboxylic acids is 2. The third kappa shape index (κ3) is 11.9. The average Bonchev–Trinajstić information content (AvgIpc) is 3.84. The molecule has 1 unspecified atom stereocenters. The summed E-state index contributed by atoms with van der Waals surface area (Å²) in [4.78, 5) is 69.0. The van der Waals surface area contributed by atoms with Crippen molar-refractivity contribution in [3.63, 3.8) is 0 Å². The van der Waals surface area contributed by atoms with Gasteiger partial charge in [-0.3, -0.25) is 19.2 Å². The van der Waals surface area contributed by atoms with E-state index in [1.54, 1.807) is 26.2 Å². The predicted molar refractivity (Wildman–Crippen MR) is 227 cm³/mol. The number of aliphatic carboxylic acids is 1. The Hall–Kier alpha value is -4.79. The highest BCUT2D eigenvalue weighted by Crippen LogP contribution is 2.44. The number of nitrogens with zero attached hydrogens (tertiary/aromatic N) is 2. The molecule has 2 fully saturated rings. The quantitative estimate of drug-likeness (QED) is 0.0702. The summed E-state index contributed by atoms with van der Waals surface area (Å²) < 4.78 is 12.3. The van der Waals surface area contributed by atoms with Gasteiger partial charge in [-0.05, 0) is 80.5 Å². The van der Waals surface area contributed by atoms with E-state index in [9.17, 15) is 34.2 Å². The summed E-state index contributed by atoms with van der Waals surface area (Å²) in [6.45, 7) is 5.27. The van der Waals surface area contributed by atoms with E-state index < -0.39 is 29.2 Å². The van der Waals surface area contributed by atoms with Crippen molar-refractivity contribution >= 4 is 41.3 Å². The highest BCUT2D eigenvalue weighted by Gasteiger charge is 2.45. The molecule has 15 heteroatoms. The number of carbonyl (C=O) groups excluding carboxylic acids is 3. The van der Waals surface area contributed by atoms with E-state index in [-0.39, 0.29) is 66.3 Å². The van der Waals surface area contributed by atoms with Gasteiger partial charge < -0.3 is 40.2 Å². The number of carboxylic acid groups (broad SMARTS) is 2. The van der Waals surface area contributed by atoms with Crippen LogP contribution < -0.4 is 16.0 Å². The molecular formula is C45H60ClN5O9. The molecule has 1 atom stereocenters. The van der Waals surface area contributed by atoms with Gasteiger partial charge in [-0.2, -0.15) is 0 Å². The molecule has 2 saturated carbocycles. The molecule has 3 amide bonds. The standard InChI is InChI=1S/C45H60ClN5O9/c1-4-5-11-36-50-39(46)38(51(36)27-30-12-14-31(15-13-30)35-10-8-9-29(2)37(35)43(56)57)41(53)48-23-22-47-40(52)32-16-18-34(19-17-32)49-44(58)45(20-6-7-21-45)26-33(42(54)55)28-60-25-24-59-3/h8-10,12-15,32-34H,4-7,11,16-28H2,1-3H3,(H,47,52)(H,48,53)(H,49,58)(H,54,55)(H,56,57). The number of ether oxygens (including phenoxy) is 2. The first-order valence-corrected chi connectivity index (χ1v) is 21.6. The van der Waals surface area contributed by atoms with Gasteiger partial charge in [-0.25, -0.2) is 9.78 Å². The van der Waals surface area contributed by atoms with Crippen LogP contribution in [0.15, 0.2) is 42.5 Å². The zero-order valence-corrected chi connectivity index (χ0v) is 35.8. The monoisotopic (exact) mass is 849 g/mol. The van der Waals surface area contributed by atoms with Crippen LogP contribution in [0.2, 0.25) is 5.15 Å². The molecule has 14 nitrogen and oxygen atoms in total. The fourth-order valence-electron chi connectivity index (χ4n) is 8.60. The summed E-state index contributed by atoms with van der Waals surface area (Å²) in [7, 11) is 1.55. The number of nitrogens with one attached hydrogen (secondary N) is 3. The van der Waals surface area contributed by atoms with Crippen molar-refractivity contribution in [2.24, 2.45) is 17.3 Å². The molecule has 3 aromatic rings. The minimum absolute atomic E-state index is 0.0289. The summed E-state index contributed by atoms with van der Waals surface area (Å²) in [6.07, 6.45) is 8.16. The molecule has 2 aliphatic rings. The summed E-state index contributed by atoms with van der Waals surface area (Å²) in [6, 6.07) is 12.9. The molecule has 2 aliphatic carbocycles. The number of methoxy groups -OCH3 is 1. The summed E-state index contributed by atoms with van der Waals surface area (Å²) in [5, 5.41) is 28.8. The van der Waals surface area contributed by atoms with Gasteiger partial charge in [0.1, 0.15) is 11.5 Å². The number of rotatable bonds is 22. The zero-order valence-electron chi connectivity index (χ0n) is 35.0. The van der Waals surface area contributed by atoms with E-state index in [2.05, 4.69) is 27.9 Å². The molecule has 326 valence electrons. The lowest BCUT2D eigenvalue weighted by molar-refractivity contribution is -0.147. The topological polar surface area (TPSA) is 198 Å². The summed E-state index contributed by atoms with van der Waals surface area (Å²) in [5.41, 5.74) is 2.72. The van der Waals surface area contributed by atoms with E-state index in [0.29, 0.717) is 81.7 Å². The first-order valence-electron chi connectivity index (χ1n) is 21.2. The molecule has 0 bridgehead atoms. The number of imidazole rings is 1. The van der Waals surface area contributed by atoms with E-state index in [0.717, 1.165) is 36.8 Å². The maximum atomic E-state index is 13.7. The Morgan fingerprint density at radius 1 is 0.967 bits per heavy atom. The minimum atomic E-state index is -0.985. The molecule has 0 aliphatic heterocycles. The Labute approximate surface area is 357 Å². The third-order valence-corrected chi connectivity index (χ3v) is 12.3. The van der Waals surface area contributed by atoms with Crippen molar-refractivity contribution in [1.29, 1.82) is 0 Å². The molecule has 0 saturated heterocycles. The lowest BCUT2D eigenvalue weighted by Crippen LogP contribution is -2.48. The number of carbonyl (C=O) groups is 5. The first-order chi connectivity index (χ1) is 28.9. The number of hydrogen-bond acceptors (Lipinski definition) is 8. The number of aromatic carboxylic acids is 1. The van der Waals surface area contributed by atoms with Crippen LogP contribution in [-0.4, -0.2) is 95.5 Å². The van der Waals surface area contributed by atoms with Crippen LogP contribution in [0.1, 0.15) is 115 Å². The largest absolute Gasteiger partial charge is 0.481 e. The lowest BCUT2D eigenvalue weighted by atomic mass is 9.76. The number of halogens is 1. The molecule has 1 heterocycles. The highest BCUT2D eigenvalue weighted by atomic mass is 35.5. The molecule has 0 spiro atoms. The number of benzene rings is 2. The normalized spacial score (nSPS) is 17.8. The van der Waals surface area contributed by atoms with Gasteiger partial charge in [0.25, 0.3) is 5.91 Å². The average molecular weight is 850 g/mol. The van der Waals surface area contributed by atoms with Gasteiger partial charge in [-0.15, -0.1) is 0 Å². The van der Waals surface area contributed by atoms with E-state index >= 15 is 0 Å². The molecule has 0 radical (unpaired) electrons. The summed E-state index contributed by atoms with van der Waals surface area (Å²) >= 11 is 6.60. The second-order valence-corrected chi connectivity index (χ2v) is 16.6. The molecule has 1 aromatic heterocycles. The van der Waals surface area contributed by atoms with Crippen molar-refractivity contribution in [3.05, 3.63) is 75.8 Å². The molecule has 5 rings (SSSR count). The van der Waals surface area contributed by atoms with Crippen molar-refractivity contribution in [1.82, 2.24) is 25.5 Å². The van der Waals surface area contributed by atoms with Gasteiger partial charge in [0.15, 0.2) is 5.15 Å². The zero-order chi connectivity index (χ0) is 43.2. The van der Waals surface area contributed by atoms with Gasteiger partial charge >= 0.3 is 11.9 Å². The van der Waals surface area contributed by atoms with Gasteiger partial charge in [0.05, 0.1) is 36.7 Å². The molecular weight excluding hydrogens is 790 g/mol. The van der Waals surface area contributed by atoms with Crippen LogP contribution in [0.4, 0.5) is 0 Å². The van der Waals surface area contributed by atoms with Crippen molar-refractivity contribution in [2.45, 2.75) is 103 Å². The Balaban J connectivity index is 1.12. The third-order valence-electron chi connectivity index (χ3n) is 12.0. The van der Waals surface area contributed by atoms with E-state index in [1.165, 1.54) is 0 Å². The molecule has 5 N–H and O–H groups in total. The van der Waals surface area contributed by atoms with Crippen molar-refractivity contribution in [3.8, 4) is 11.1 Å². The van der Waals surface area contributed by atoms with Crippen LogP contribution in [0.3, 0.4) is 0 Å². The van der Waals surface area contributed by atoms with Crippen LogP contribution >= 0.6 is 11.6 Å². The van der Waals surface area contributed by atoms with Crippen LogP contribution in [0.5, 0.6) is 0 Å². The number of aromatic nitrogens is 2. The Kier molecular flexibility index (Phi) is 17.1. The van der Waals surface area contributed by atoms with Crippen molar-refractivity contribution < 1.29 is 43.7 Å². The smallest absolute Gasteiger partial charge is 0.336 e. The maximum Gasteiger partial charge on any atom is 0.336 e. The lowest BCUT2D eigenvalue weighted by Gasteiger charge is -2.34. The highest BCUT2D eigenvalue weighted by molar-refractivity contribution is 6.32. The molecule has 2 aromatic carbocycles. The van der Waals surface area contributed by atoms with Gasteiger partial charge in [-0.1, -0.05) is 80.3 Å². The summed E-state index contributed by atoms with van der Waals surface area (Å²) in [5.74, 6) is -2.88. The number of unbranched alkanes of at least 4 members (excludes halogenated alkanes) is 1. The number of amides is 3. The van der Waals surface area contributed by atoms with Crippen LogP contribution in [-0.2, 0) is 36.8 Å². The first kappa shape index (κ1) is 46.3. The predicted octanol–water partition coefficient (Wildman–Crippen LogP) is 6.44.